The molecule has 1 atom stereocenters. The molecule has 0 radical (unpaired) electrons. The lowest BCUT2D eigenvalue weighted by molar-refractivity contribution is -0.120. The zero-order chi connectivity index (χ0) is 18.1. The molecular formula is C20H22N4OS. The number of hydrogen-bond acceptors (Lipinski definition) is 5. The summed E-state index contributed by atoms with van der Waals surface area (Å²) in [6.07, 6.45) is 3.70. The Kier molecular flexibility index (Phi) is 4.59. The first-order valence-corrected chi connectivity index (χ1v) is 9.77. The van der Waals surface area contributed by atoms with Crippen LogP contribution in [-0.4, -0.2) is 29.0 Å². The van der Waals surface area contributed by atoms with Crippen LogP contribution in [0.25, 0.3) is 10.3 Å². The quantitative estimate of drug-likeness (QED) is 0.756. The summed E-state index contributed by atoms with van der Waals surface area (Å²) in [5.74, 6) is 0.0752. The third kappa shape index (κ3) is 3.29. The van der Waals surface area contributed by atoms with Crippen LogP contribution in [0.4, 0.5) is 10.8 Å². The molecule has 1 aromatic carbocycles. The molecule has 4 rings (SSSR count). The van der Waals surface area contributed by atoms with E-state index in [0.29, 0.717) is 6.54 Å². The summed E-state index contributed by atoms with van der Waals surface area (Å²) in [6, 6.07) is 9.91. The summed E-state index contributed by atoms with van der Waals surface area (Å²) in [6.45, 7) is 5.75. The number of aromatic nitrogens is 2. The van der Waals surface area contributed by atoms with Crippen molar-refractivity contribution < 1.29 is 4.79 Å². The fourth-order valence-electron chi connectivity index (χ4n) is 3.38. The summed E-state index contributed by atoms with van der Waals surface area (Å²) in [5, 5.41) is 4.09. The third-order valence-electron chi connectivity index (χ3n) is 5.08. The number of fused-ring (bicyclic) bond motifs is 1. The first-order chi connectivity index (χ1) is 12.6. The molecule has 1 saturated heterocycles. The number of amides is 1. The van der Waals surface area contributed by atoms with Gasteiger partial charge in [0, 0.05) is 25.0 Å². The SMILES string of the molecule is Cc1cccc(NC(=O)[C@@H]2CCCN(c3nc4cccnc4s3)C2)c1C. The number of nitrogens with zero attached hydrogens (tertiary/aromatic N) is 3. The minimum atomic E-state index is -0.0244. The lowest BCUT2D eigenvalue weighted by atomic mass is 9.97. The van der Waals surface area contributed by atoms with E-state index < -0.39 is 0 Å². The number of hydrogen-bond donors (Lipinski definition) is 1. The zero-order valence-corrected chi connectivity index (χ0v) is 15.8. The van der Waals surface area contributed by atoms with Gasteiger partial charge in [0.2, 0.25) is 5.91 Å². The maximum atomic E-state index is 12.8. The lowest BCUT2D eigenvalue weighted by Crippen LogP contribution is -2.40. The van der Waals surface area contributed by atoms with Crippen LogP contribution < -0.4 is 10.2 Å². The summed E-state index contributed by atoms with van der Waals surface area (Å²) in [5.41, 5.74) is 4.16. The van der Waals surface area contributed by atoms with Crippen LogP contribution in [-0.2, 0) is 4.79 Å². The van der Waals surface area contributed by atoms with Crippen LogP contribution in [0.2, 0.25) is 0 Å². The van der Waals surface area contributed by atoms with E-state index >= 15 is 0 Å². The van der Waals surface area contributed by atoms with Crippen LogP contribution >= 0.6 is 11.3 Å². The highest BCUT2D eigenvalue weighted by atomic mass is 32.1. The molecule has 5 nitrogen and oxygen atoms in total. The minimum absolute atomic E-state index is 0.0244. The Labute approximate surface area is 157 Å². The normalized spacial score (nSPS) is 17.5. The van der Waals surface area contributed by atoms with Crippen molar-refractivity contribution in [2.75, 3.05) is 23.3 Å². The number of benzene rings is 1. The number of anilines is 2. The number of rotatable bonds is 3. The van der Waals surface area contributed by atoms with Gasteiger partial charge in [-0.3, -0.25) is 4.79 Å². The summed E-state index contributed by atoms with van der Waals surface area (Å²) in [4.78, 5) is 25.1. The molecule has 3 heterocycles. The van der Waals surface area contributed by atoms with Gasteiger partial charge in [-0.1, -0.05) is 23.5 Å². The van der Waals surface area contributed by atoms with Gasteiger partial charge in [0.25, 0.3) is 0 Å². The van der Waals surface area contributed by atoms with E-state index in [1.54, 1.807) is 17.5 Å². The van der Waals surface area contributed by atoms with Gasteiger partial charge < -0.3 is 10.2 Å². The fourth-order valence-corrected chi connectivity index (χ4v) is 4.32. The third-order valence-corrected chi connectivity index (χ3v) is 6.12. The van der Waals surface area contributed by atoms with E-state index in [-0.39, 0.29) is 11.8 Å². The molecule has 1 aliphatic rings. The molecule has 6 heteroatoms. The Bertz CT molecular complexity index is 919. The molecule has 0 unspecified atom stereocenters. The lowest BCUT2D eigenvalue weighted by Gasteiger charge is -2.31. The van der Waals surface area contributed by atoms with Crippen molar-refractivity contribution in [2.45, 2.75) is 26.7 Å². The molecule has 1 aliphatic heterocycles. The molecule has 3 aromatic rings. The molecule has 1 fully saturated rings. The molecule has 0 spiro atoms. The Hall–Kier alpha value is -2.47. The van der Waals surface area contributed by atoms with Gasteiger partial charge in [0.05, 0.1) is 5.92 Å². The summed E-state index contributed by atoms with van der Waals surface area (Å²) < 4.78 is 0. The van der Waals surface area contributed by atoms with Crippen LogP contribution in [0, 0.1) is 19.8 Å². The van der Waals surface area contributed by atoms with Crippen molar-refractivity contribution in [3.8, 4) is 0 Å². The standard InChI is InChI=1S/C20H22N4OS/c1-13-6-3-8-16(14(13)2)22-18(25)15-7-5-11-24(12-15)20-23-17-9-4-10-21-19(17)26-20/h3-4,6,8-10,15H,5,7,11-12H2,1-2H3,(H,22,25)/t15-/m1/s1. The molecule has 0 bridgehead atoms. The van der Waals surface area contributed by atoms with Crippen molar-refractivity contribution in [3.63, 3.8) is 0 Å². The van der Waals surface area contributed by atoms with E-state index in [1.165, 1.54) is 5.56 Å². The predicted octanol–water partition coefficient (Wildman–Crippen LogP) is 4.16. The van der Waals surface area contributed by atoms with Crippen molar-refractivity contribution in [1.29, 1.82) is 0 Å². The van der Waals surface area contributed by atoms with Crippen LogP contribution in [0.5, 0.6) is 0 Å². The average Bonchev–Trinajstić information content (AvgIpc) is 3.10. The maximum Gasteiger partial charge on any atom is 0.229 e. The number of nitrogens with one attached hydrogen (secondary N) is 1. The molecule has 134 valence electrons. The van der Waals surface area contributed by atoms with E-state index in [9.17, 15) is 4.79 Å². The number of carbonyl (C=O) groups is 1. The average molecular weight is 366 g/mol. The number of thiazole rings is 1. The van der Waals surface area contributed by atoms with Gasteiger partial charge in [0.15, 0.2) is 5.13 Å². The van der Waals surface area contributed by atoms with E-state index in [0.717, 1.165) is 46.1 Å². The number of aryl methyl sites for hydroxylation is 1. The summed E-state index contributed by atoms with van der Waals surface area (Å²) >= 11 is 1.60. The Morgan fingerprint density at radius 3 is 3.00 bits per heavy atom. The van der Waals surface area contributed by atoms with Crippen LogP contribution in [0.1, 0.15) is 24.0 Å². The minimum Gasteiger partial charge on any atom is -0.347 e. The monoisotopic (exact) mass is 366 g/mol. The smallest absolute Gasteiger partial charge is 0.229 e. The molecule has 26 heavy (non-hydrogen) atoms. The predicted molar refractivity (Wildman–Crippen MR) is 107 cm³/mol. The first kappa shape index (κ1) is 17.0. The number of pyridine rings is 1. The Morgan fingerprint density at radius 1 is 1.27 bits per heavy atom. The molecule has 0 aliphatic carbocycles. The second-order valence-electron chi connectivity index (χ2n) is 6.85. The van der Waals surface area contributed by atoms with E-state index in [2.05, 4.69) is 28.2 Å². The highest BCUT2D eigenvalue weighted by Gasteiger charge is 2.28. The highest BCUT2D eigenvalue weighted by Crippen LogP contribution is 2.31. The van der Waals surface area contributed by atoms with Gasteiger partial charge in [-0.05, 0) is 56.0 Å². The topological polar surface area (TPSA) is 58.1 Å². The summed E-state index contributed by atoms with van der Waals surface area (Å²) in [7, 11) is 0. The van der Waals surface area contributed by atoms with Gasteiger partial charge in [-0.15, -0.1) is 0 Å². The second kappa shape index (κ2) is 7.03. The second-order valence-corrected chi connectivity index (χ2v) is 7.80. The van der Waals surface area contributed by atoms with E-state index in [1.807, 2.05) is 31.2 Å². The van der Waals surface area contributed by atoms with Gasteiger partial charge in [0.1, 0.15) is 10.3 Å². The Morgan fingerprint density at radius 2 is 2.15 bits per heavy atom. The molecule has 1 amide bonds. The van der Waals surface area contributed by atoms with Crippen molar-refractivity contribution in [1.82, 2.24) is 9.97 Å². The Balaban J connectivity index is 1.49. The largest absolute Gasteiger partial charge is 0.347 e. The van der Waals surface area contributed by atoms with Crippen molar-refractivity contribution in [3.05, 3.63) is 47.7 Å². The van der Waals surface area contributed by atoms with Gasteiger partial charge in [-0.25, -0.2) is 9.97 Å². The highest BCUT2D eigenvalue weighted by molar-refractivity contribution is 7.21. The van der Waals surface area contributed by atoms with Gasteiger partial charge in [-0.2, -0.15) is 0 Å². The molecule has 1 N–H and O–H groups in total. The number of carbonyl (C=O) groups excluding carboxylic acids is 1. The van der Waals surface area contributed by atoms with Crippen molar-refractivity contribution >= 4 is 38.4 Å². The molecule has 0 saturated carbocycles. The fraction of sp³-hybridized carbons (Fsp3) is 0.350. The number of piperidine rings is 1. The van der Waals surface area contributed by atoms with Crippen LogP contribution in [0.15, 0.2) is 36.5 Å². The molecule has 2 aromatic heterocycles. The zero-order valence-electron chi connectivity index (χ0n) is 15.0. The van der Waals surface area contributed by atoms with E-state index in [4.69, 9.17) is 4.98 Å². The van der Waals surface area contributed by atoms with Crippen LogP contribution in [0.3, 0.4) is 0 Å². The maximum absolute atomic E-state index is 12.8. The van der Waals surface area contributed by atoms with Crippen molar-refractivity contribution in [2.24, 2.45) is 5.92 Å². The van der Waals surface area contributed by atoms with Gasteiger partial charge >= 0.3 is 0 Å². The molecular weight excluding hydrogens is 344 g/mol. The first-order valence-electron chi connectivity index (χ1n) is 8.95.